The highest BCUT2D eigenvalue weighted by molar-refractivity contribution is 6.31. The van der Waals surface area contributed by atoms with E-state index >= 15 is 0 Å². The molecule has 0 amide bonds. The SMILES string of the molecule is COCC(C)n1ncc(Cl)c1C(C)(C)C. The monoisotopic (exact) mass is 230 g/mol. The Labute approximate surface area is 96.4 Å². The van der Waals surface area contributed by atoms with Crippen LogP contribution in [-0.4, -0.2) is 23.5 Å². The van der Waals surface area contributed by atoms with Gasteiger partial charge in [0.05, 0.1) is 29.6 Å². The molecule has 15 heavy (non-hydrogen) atoms. The first-order valence-electron chi connectivity index (χ1n) is 5.10. The zero-order valence-electron chi connectivity index (χ0n) is 10.0. The molecule has 0 saturated heterocycles. The smallest absolute Gasteiger partial charge is 0.0823 e. The van der Waals surface area contributed by atoms with E-state index in [-0.39, 0.29) is 11.5 Å². The number of ether oxygens (including phenoxy) is 1. The van der Waals surface area contributed by atoms with Crippen LogP contribution in [0.1, 0.15) is 39.4 Å². The van der Waals surface area contributed by atoms with Crippen molar-refractivity contribution in [1.82, 2.24) is 9.78 Å². The summed E-state index contributed by atoms with van der Waals surface area (Å²) in [5, 5.41) is 5.03. The fraction of sp³-hybridized carbons (Fsp3) is 0.727. The van der Waals surface area contributed by atoms with E-state index in [2.05, 4.69) is 32.8 Å². The number of hydrogen-bond donors (Lipinski definition) is 0. The van der Waals surface area contributed by atoms with E-state index in [4.69, 9.17) is 16.3 Å². The van der Waals surface area contributed by atoms with Crippen molar-refractivity contribution in [2.45, 2.75) is 39.2 Å². The molecular weight excluding hydrogens is 212 g/mol. The molecule has 0 aliphatic rings. The summed E-state index contributed by atoms with van der Waals surface area (Å²) in [6.07, 6.45) is 1.70. The Morgan fingerprint density at radius 1 is 1.53 bits per heavy atom. The van der Waals surface area contributed by atoms with Crippen molar-refractivity contribution in [2.75, 3.05) is 13.7 Å². The minimum Gasteiger partial charge on any atom is -0.382 e. The number of aromatic nitrogens is 2. The van der Waals surface area contributed by atoms with Gasteiger partial charge in [0.25, 0.3) is 0 Å². The lowest BCUT2D eigenvalue weighted by molar-refractivity contribution is 0.154. The highest BCUT2D eigenvalue weighted by Gasteiger charge is 2.25. The molecule has 0 aliphatic heterocycles. The molecule has 0 aromatic carbocycles. The van der Waals surface area contributed by atoms with Crippen LogP contribution in [0, 0.1) is 0 Å². The Morgan fingerprint density at radius 3 is 2.60 bits per heavy atom. The second-order valence-electron chi connectivity index (χ2n) is 4.84. The van der Waals surface area contributed by atoms with E-state index in [1.807, 2.05) is 4.68 Å². The molecule has 0 fully saturated rings. The fourth-order valence-corrected chi connectivity index (χ4v) is 2.10. The van der Waals surface area contributed by atoms with Crippen molar-refractivity contribution >= 4 is 11.6 Å². The van der Waals surface area contributed by atoms with Crippen LogP contribution in [0.3, 0.4) is 0 Å². The van der Waals surface area contributed by atoms with Crippen molar-refractivity contribution in [2.24, 2.45) is 0 Å². The summed E-state index contributed by atoms with van der Waals surface area (Å²) < 4.78 is 7.08. The standard InChI is InChI=1S/C11H19ClN2O/c1-8(7-15-5)14-10(11(2,3)4)9(12)6-13-14/h6,8H,7H2,1-5H3. The molecule has 0 saturated carbocycles. The van der Waals surface area contributed by atoms with Crippen LogP contribution in [0.4, 0.5) is 0 Å². The Balaban J connectivity index is 3.09. The Hall–Kier alpha value is -0.540. The van der Waals surface area contributed by atoms with Crippen LogP contribution < -0.4 is 0 Å². The number of hydrogen-bond acceptors (Lipinski definition) is 2. The maximum absolute atomic E-state index is 6.15. The van der Waals surface area contributed by atoms with Gasteiger partial charge in [0.15, 0.2) is 0 Å². The van der Waals surface area contributed by atoms with Gasteiger partial charge in [-0.3, -0.25) is 4.68 Å². The summed E-state index contributed by atoms with van der Waals surface area (Å²) in [6, 6.07) is 0.205. The van der Waals surface area contributed by atoms with Crippen molar-refractivity contribution in [3.63, 3.8) is 0 Å². The van der Waals surface area contributed by atoms with Crippen LogP contribution in [0.15, 0.2) is 6.20 Å². The molecule has 0 bridgehead atoms. The summed E-state index contributed by atoms with van der Waals surface area (Å²) in [6.45, 7) is 9.10. The zero-order valence-corrected chi connectivity index (χ0v) is 10.8. The van der Waals surface area contributed by atoms with E-state index in [1.165, 1.54) is 0 Å². The minimum atomic E-state index is -0.00438. The quantitative estimate of drug-likeness (QED) is 0.798. The average molecular weight is 231 g/mol. The van der Waals surface area contributed by atoms with Gasteiger partial charge in [-0.05, 0) is 6.92 Å². The van der Waals surface area contributed by atoms with Gasteiger partial charge >= 0.3 is 0 Å². The molecule has 0 spiro atoms. The van der Waals surface area contributed by atoms with Crippen molar-refractivity contribution in [3.05, 3.63) is 16.9 Å². The first-order valence-corrected chi connectivity index (χ1v) is 5.48. The summed E-state index contributed by atoms with van der Waals surface area (Å²) in [7, 11) is 1.69. The second kappa shape index (κ2) is 4.54. The largest absolute Gasteiger partial charge is 0.382 e. The Bertz CT molecular complexity index is 328. The van der Waals surface area contributed by atoms with Gasteiger partial charge in [0.2, 0.25) is 0 Å². The lowest BCUT2D eigenvalue weighted by Crippen LogP contribution is -2.23. The Kier molecular flexibility index (Phi) is 3.79. The van der Waals surface area contributed by atoms with Crippen LogP contribution in [0.5, 0.6) is 0 Å². The normalized spacial score (nSPS) is 14.3. The van der Waals surface area contributed by atoms with Gasteiger partial charge in [0.1, 0.15) is 0 Å². The fourth-order valence-electron chi connectivity index (χ4n) is 1.69. The molecule has 0 radical (unpaired) electrons. The molecule has 0 aliphatic carbocycles. The molecule has 0 N–H and O–H groups in total. The van der Waals surface area contributed by atoms with Crippen LogP contribution in [0.2, 0.25) is 5.02 Å². The lowest BCUT2D eigenvalue weighted by atomic mass is 9.92. The maximum atomic E-state index is 6.15. The summed E-state index contributed by atoms with van der Waals surface area (Å²) in [5.74, 6) is 0. The van der Waals surface area contributed by atoms with E-state index in [1.54, 1.807) is 13.3 Å². The predicted octanol–water partition coefficient (Wildman–Crippen LogP) is 3.04. The molecule has 3 nitrogen and oxygen atoms in total. The van der Waals surface area contributed by atoms with Crippen molar-refractivity contribution in [1.29, 1.82) is 0 Å². The van der Waals surface area contributed by atoms with Gasteiger partial charge in [-0.15, -0.1) is 0 Å². The predicted molar refractivity (Wildman–Crippen MR) is 62.5 cm³/mol. The van der Waals surface area contributed by atoms with Gasteiger partial charge in [-0.2, -0.15) is 5.10 Å². The topological polar surface area (TPSA) is 27.1 Å². The third kappa shape index (κ3) is 2.73. The molecule has 4 heteroatoms. The summed E-state index contributed by atoms with van der Waals surface area (Å²) in [4.78, 5) is 0. The average Bonchev–Trinajstić information content (AvgIpc) is 2.46. The van der Waals surface area contributed by atoms with Gasteiger partial charge in [-0.25, -0.2) is 0 Å². The molecule has 1 rings (SSSR count). The van der Waals surface area contributed by atoms with Crippen LogP contribution in [-0.2, 0) is 10.2 Å². The van der Waals surface area contributed by atoms with Crippen molar-refractivity contribution in [3.8, 4) is 0 Å². The maximum Gasteiger partial charge on any atom is 0.0823 e. The van der Waals surface area contributed by atoms with Gasteiger partial charge in [-0.1, -0.05) is 32.4 Å². The third-order valence-corrected chi connectivity index (χ3v) is 2.56. The summed E-state index contributed by atoms with van der Waals surface area (Å²) in [5.41, 5.74) is 1.06. The minimum absolute atomic E-state index is 0.00438. The van der Waals surface area contributed by atoms with Crippen molar-refractivity contribution < 1.29 is 4.74 Å². The lowest BCUT2D eigenvalue weighted by Gasteiger charge is -2.24. The molecular formula is C11H19ClN2O. The highest BCUT2D eigenvalue weighted by Crippen LogP contribution is 2.31. The molecule has 86 valence electrons. The van der Waals surface area contributed by atoms with Gasteiger partial charge in [0, 0.05) is 12.5 Å². The first kappa shape index (κ1) is 12.5. The number of halogens is 1. The van der Waals surface area contributed by atoms with E-state index in [9.17, 15) is 0 Å². The van der Waals surface area contributed by atoms with E-state index in [0.29, 0.717) is 6.61 Å². The Morgan fingerprint density at radius 2 is 2.13 bits per heavy atom. The molecule has 1 aromatic heterocycles. The first-order chi connectivity index (χ1) is 6.88. The molecule has 1 unspecified atom stereocenters. The number of methoxy groups -OCH3 is 1. The molecule has 1 atom stereocenters. The second-order valence-corrected chi connectivity index (χ2v) is 5.25. The summed E-state index contributed by atoms with van der Waals surface area (Å²) >= 11 is 6.15. The van der Waals surface area contributed by atoms with E-state index in [0.717, 1.165) is 10.7 Å². The number of rotatable bonds is 3. The van der Waals surface area contributed by atoms with Gasteiger partial charge < -0.3 is 4.74 Å². The van der Waals surface area contributed by atoms with Crippen LogP contribution in [0.25, 0.3) is 0 Å². The third-order valence-electron chi connectivity index (χ3n) is 2.29. The van der Waals surface area contributed by atoms with E-state index < -0.39 is 0 Å². The molecule has 1 aromatic rings. The highest BCUT2D eigenvalue weighted by atomic mass is 35.5. The number of nitrogens with zero attached hydrogens (tertiary/aromatic N) is 2. The van der Waals surface area contributed by atoms with Crippen LogP contribution >= 0.6 is 11.6 Å². The zero-order chi connectivity index (χ0) is 11.6. The molecule has 1 heterocycles.